The molecule has 20 heavy (non-hydrogen) atoms. The van der Waals surface area contributed by atoms with Crippen molar-refractivity contribution < 1.29 is 9.90 Å². The number of benzene rings is 1. The second-order valence-corrected chi connectivity index (χ2v) is 5.65. The molecule has 4 heteroatoms. The Kier molecular flexibility index (Phi) is 5.01. The highest BCUT2D eigenvalue weighted by Gasteiger charge is 2.24. The molecule has 4 nitrogen and oxygen atoms in total. The Hall–Kier alpha value is -1.55. The first kappa shape index (κ1) is 14.9. The molecule has 0 unspecified atom stereocenters. The van der Waals surface area contributed by atoms with E-state index in [0.29, 0.717) is 0 Å². The maximum Gasteiger partial charge on any atom is 0.315 e. The molecule has 1 fully saturated rings. The molecule has 0 saturated heterocycles. The SMILES string of the molecule is Cc1ccccc1[C@H](C)NC(=O)N[C@@H]1CCCC[C@@H]1O. The van der Waals surface area contributed by atoms with Crippen LogP contribution >= 0.6 is 0 Å². The van der Waals surface area contributed by atoms with E-state index in [1.54, 1.807) is 0 Å². The van der Waals surface area contributed by atoms with Gasteiger partial charge in [-0.15, -0.1) is 0 Å². The lowest BCUT2D eigenvalue weighted by Crippen LogP contribution is -2.49. The van der Waals surface area contributed by atoms with Crippen molar-refractivity contribution in [1.82, 2.24) is 10.6 Å². The summed E-state index contributed by atoms with van der Waals surface area (Å²) in [4.78, 5) is 12.0. The summed E-state index contributed by atoms with van der Waals surface area (Å²) < 4.78 is 0. The zero-order chi connectivity index (χ0) is 14.5. The average molecular weight is 276 g/mol. The van der Waals surface area contributed by atoms with Crippen LogP contribution in [0.4, 0.5) is 4.79 Å². The van der Waals surface area contributed by atoms with Crippen LogP contribution in [0.1, 0.15) is 49.8 Å². The summed E-state index contributed by atoms with van der Waals surface area (Å²) >= 11 is 0. The van der Waals surface area contributed by atoms with Gasteiger partial charge in [-0.2, -0.15) is 0 Å². The third kappa shape index (κ3) is 3.73. The maximum atomic E-state index is 12.0. The van der Waals surface area contributed by atoms with E-state index in [1.807, 2.05) is 38.1 Å². The van der Waals surface area contributed by atoms with Gasteiger partial charge in [-0.05, 0) is 37.8 Å². The van der Waals surface area contributed by atoms with Crippen LogP contribution in [0.25, 0.3) is 0 Å². The van der Waals surface area contributed by atoms with Gasteiger partial charge in [-0.25, -0.2) is 4.79 Å². The molecule has 1 aromatic carbocycles. The molecule has 0 aromatic heterocycles. The van der Waals surface area contributed by atoms with E-state index in [-0.39, 0.29) is 18.1 Å². The van der Waals surface area contributed by atoms with Gasteiger partial charge >= 0.3 is 6.03 Å². The highest BCUT2D eigenvalue weighted by Crippen LogP contribution is 2.19. The minimum absolute atomic E-state index is 0.0445. The van der Waals surface area contributed by atoms with E-state index in [2.05, 4.69) is 10.6 Å². The topological polar surface area (TPSA) is 61.4 Å². The van der Waals surface area contributed by atoms with Crippen molar-refractivity contribution in [3.05, 3.63) is 35.4 Å². The molecule has 0 heterocycles. The smallest absolute Gasteiger partial charge is 0.315 e. The van der Waals surface area contributed by atoms with E-state index in [9.17, 15) is 9.90 Å². The van der Waals surface area contributed by atoms with Crippen LogP contribution in [-0.2, 0) is 0 Å². The number of hydrogen-bond donors (Lipinski definition) is 3. The monoisotopic (exact) mass is 276 g/mol. The Morgan fingerprint density at radius 3 is 2.70 bits per heavy atom. The third-order valence-electron chi connectivity index (χ3n) is 4.05. The van der Waals surface area contributed by atoms with E-state index >= 15 is 0 Å². The number of rotatable bonds is 3. The number of nitrogens with one attached hydrogen (secondary N) is 2. The van der Waals surface area contributed by atoms with Gasteiger partial charge in [0.1, 0.15) is 0 Å². The molecule has 3 atom stereocenters. The molecule has 0 aliphatic heterocycles. The van der Waals surface area contributed by atoms with E-state index in [4.69, 9.17) is 0 Å². The first-order valence-electron chi connectivity index (χ1n) is 7.38. The molecule has 2 amide bonds. The van der Waals surface area contributed by atoms with Crippen molar-refractivity contribution in [2.75, 3.05) is 0 Å². The van der Waals surface area contributed by atoms with Crippen LogP contribution in [0.3, 0.4) is 0 Å². The minimum atomic E-state index is -0.414. The molecular weight excluding hydrogens is 252 g/mol. The Morgan fingerprint density at radius 2 is 2.00 bits per heavy atom. The first-order chi connectivity index (χ1) is 9.58. The summed E-state index contributed by atoms with van der Waals surface area (Å²) in [7, 11) is 0. The quantitative estimate of drug-likeness (QED) is 0.795. The van der Waals surface area contributed by atoms with Crippen LogP contribution in [0.15, 0.2) is 24.3 Å². The van der Waals surface area contributed by atoms with Crippen molar-refractivity contribution in [2.24, 2.45) is 0 Å². The van der Waals surface area contributed by atoms with Gasteiger partial charge in [0.15, 0.2) is 0 Å². The van der Waals surface area contributed by atoms with E-state index in [0.717, 1.165) is 36.8 Å². The normalized spacial score (nSPS) is 23.9. The van der Waals surface area contributed by atoms with Crippen LogP contribution in [0.2, 0.25) is 0 Å². The van der Waals surface area contributed by atoms with Crippen molar-refractivity contribution in [3.8, 4) is 0 Å². The Balaban J connectivity index is 1.89. The second-order valence-electron chi connectivity index (χ2n) is 5.65. The fourth-order valence-corrected chi connectivity index (χ4v) is 2.84. The number of aliphatic hydroxyl groups is 1. The average Bonchev–Trinajstić information content (AvgIpc) is 2.41. The molecule has 1 saturated carbocycles. The summed E-state index contributed by atoms with van der Waals surface area (Å²) in [5, 5.41) is 15.7. The number of carbonyl (C=O) groups excluding carboxylic acids is 1. The maximum absolute atomic E-state index is 12.0. The molecule has 2 rings (SSSR count). The standard InChI is InChI=1S/C16H24N2O2/c1-11-7-3-4-8-13(11)12(2)17-16(20)18-14-9-5-6-10-15(14)19/h3-4,7-8,12,14-15,19H,5-6,9-10H2,1-2H3,(H2,17,18,20)/t12-,14+,15-/m0/s1. The molecule has 1 aromatic rings. The zero-order valence-electron chi connectivity index (χ0n) is 12.2. The largest absolute Gasteiger partial charge is 0.391 e. The van der Waals surface area contributed by atoms with Crippen LogP contribution < -0.4 is 10.6 Å². The van der Waals surface area contributed by atoms with Gasteiger partial charge in [-0.1, -0.05) is 37.1 Å². The zero-order valence-corrected chi connectivity index (χ0v) is 12.2. The highest BCUT2D eigenvalue weighted by atomic mass is 16.3. The molecule has 1 aliphatic carbocycles. The van der Waals surface area contributed by atoms with Crippen molar-refractivity contribution in [2.45, 2.75) is 57.7 Å². The van der Waals surface area contributed by atoms with Gasteiger partial charge in [0.05, 0.1) is 18.2 Å². The summed E-state index contributed by atoms with van der Waals surface area (Å²) in [6, 6.07) is 7.66. The lowest BCUT2D eigenvalue weighted by atomic mass is 9.93. The predicted octanol–water partition coefficient (Wildman–Crippen LogP) is 2.66. The second kappa shape index (κ2) is 6.75. The minimum Gasteiger partial charge on any atom is -0.391 e. The lowest BCUT2D eigenvalue weighted by molar-refractivity contribution is 0.0941. The fraction of sp³-hybridized carbons (Fsp3) is 0.562. The number of amides is 2. The van der Waals surface area contributed by atoms with E-state index in [1.165, 1.54) is 0 Å². The van der Waals surface area contributed by atoms with Gasteiger partial charge in [0, 0.05) is 0 Å². The van der Waals surface area contributed by atoms with Gasteiger partial charge < -0.3 is 15.7 Å². The molecule has 0 radical (unpaired) electrons. The Bertz CT molecular complexity index is 462. The molecular formula is C16H24N2O2. The number of urea groups is 1. The first-order valence-corrected chi connectivity index (χ1v) is 7.38. The number of hydrogen-bond acceptors (Lipinski definition) is 2. The van der Waals surface area contributed by atoms with Crippen LogP contribution in [0, 0.1) is 6.92 Å². The number of carbonyl (C=O) groups is 1. The molecule has 1 aliphatic rings. The summed E-state index contributed by atoms with van der Waals surface area (Å²) in [5.41, 5.74) is 2.28. The van der Waals surface area contributed by atoms with Gasteiger partial charge in [0.25, 0.3) is 0 Å². The van der Waals surface area contributed by atoms with E-state index < -0.39 is 6.10 Å². The predicted molar refractivity (Wildman–Crippen MR) is 79.5 cm³/mol. The summed E-state index contributed by atoms with van der Waals surface area (Å²) in [6.45, 7) is 4.01. The number of aryl methyl sites for hydroxylation is 1. The molecule has 3 N–H and O–H groups in total. The van der Waals surface area contributed by atoms with Crippen molar-refractivity contribution in [1.29, 1.82) is 0 Å². The Labute approximate surface area is 120 Å². The fourth-order valence-electron chi connectivity index (χ4n) is 2.84. The Morgan fingerprint density at radius 1 is 1.30 bits per heavy atom. The van der Waals surface area contributed by atoms with Crippen LogP contribution in [0.5, 0.6) is 0 Å². The lowest BCUT2D eigenvalue weighted by Gasteiger charge is -2.29. The third-order valence-corrected chi connectivity index (χ3v) is 4.05. The van der Waals surface area contributed by atoms with Crippen molar-refractivity contribution in [3.63, 3.8) is 0 Å². The highest BCUT2D eigenvalue weighted by molar-refractivity contribution is 5.74. The summed E-state index contributed by atoms with van der Waals surface area (Å²) in [5.74, 6) is 0. The molecule has 110 valence electrons. The summed E-state index contributed by atoms with van der Waals surface area (Å²) in [6.07, 6.45) is 3.32. The molecule has 0 bridgehead atoms. The van der Waals surface area contributed by atoms with Gasteiger partial charge in [0.2, 0.25) is 0 Å². The van der Waals surface area contributed by atoms with Gasteiger partial charge in [-0.3, -0.25) is 0 Å². The number of aliphatic hydroxyl groups excluding tert-OH is 1. The van der Waals surface area contributed by atoms with Crippen molar-refractivity contribution >= 4 is 6.03 Å². The molecule has 0 spiro atoms. The van der Waals surface area contributed by atoms with Crippen LogP contribution in [-0.4, -0.2) is 23.3 Å².